The standard InChI is InChI=1S/C12H15N3S/c1-8-9(2)16-12(14-8)15(3)11-6-4-5-10(13)7-11/h4-7H,13H2,1-3H3. The van der Waals surface area contributed by atoms with Crippen LogP contribution in [-0.4, -0.2) is 12.0 Å². The van der Waals surface area contributed by atoms with Crippen LogP contribution in [0.2, 0.25) is 0 Å². The van der Waals surface area contributed by atoms with Gasteiger partial charge in [-0.2, -0.15) is 0 Å². The van der Waals surface area contributed by atoms with E-state index in [1.165, 1.54) is 4.88 Å². The smallest absolute Gasteiger partial charge is 0.190 e. The summed E-state index contributed by atoms with van der Waals surface area (Å²) >= 11 is 1.70. The summed E-state index contributed by atoms with van der Waals surface area (Å²) in [5.41, 5.74) is 8.70. The number of anilines is 3. The maximum absolute atomic E-state index is 5.77. The van der Waals surface area contributed by atoms with Crippen LogP contribution >= 0.6 is 11.3 Å². The Kier molecular flexibility index (Phi) is 2.83. The molecule has 0 aliphatic rings. The van der Waals surface area contributed by atoms with E-state index >= 15 is 0 Å². The molecule has 0 saturated carbocycles. The van der Waals surface area contributed by atoms with E-state index in [1.54, 1.807) is 11.3 Å². The molecule has 0 amide bonds. The van der Waals surface area contributed by atoms with Crippen LogP contribution in [0.15, 0.2) is 24.3 Å². The molecule has 4 heteroatoms. The Morgan fingerprint density at radius 2 is 2.06 bits per heavy atom. The summed E-state index contributed by atoms with van der Waals surface area (Å²) < 4.78 is 0. The summed E-state index contributed by atoms with van der Waals surface area (Å²) in [5.74, 6) is 0. The first kappa shape index (κ1) is 11.0. The van der Waals surface area contributed by atoms with E-state index in [-0.39, 0.29) is 0 Å². The molecule has 1 aromatic heterocycles. The molecular formula is C12H15N3S. The molecule has 0 spiro atoms. The van der Waals surface area contributed by atoms with E-state index in [9.17, 15) is 0 Å². The van der Waals surface area contributed by atoms with Gasteiger partial charge >= 0.3 is 0 Å². The van der Waals surface area contributed by atoms with Gasteiger partial charge in [-0.1, -0.05) is 6.07 Å². The normalized spacial score (nSPS) is 10.4. The van der Waals surface area contributed by atoms with Gasteiger partial charge in [-0.3, -0.25) is 0 Å². The molecule has 0 fully saturated rings. The van der Waals surface area contributed by atoms with Crippen LogP contribution in [0.25, 0.3) is 0 Å². The molecule has 0 unspecified atom stereocenters. The summed E-state index contributed by atoms with van der Waals surface area (Å²) in [6.45, 7) is 4.12. The molecule has 0 aliphatic heterocycles. The Bertz CT molecular complexity index is 485. The molecule has 3 nitrogen and oxygen atoms in total. The fourth-order valence-corrected chi connectivity index (χ4v) is 2.34. The van der Waals surface area contributed by atoms with Crippen LogP contribution in [0.4, 0.5) is 16.5 Å². The monoisotopic (exact) mass is 233 g/mol. The first-order chi connectivity index (χ1) is 7.58. The third-order valence-electron chi connectivity index (χ3n) is 2.56. The van der Waals surface area contributed by atoms with E-state index in [0.29, 0.717) is 0 Å². The Morgan fingerprint density at radius 3 is 2.62 bits per heavy atom. The number of nitrogens with zero attached hydrogens (tertiary/aromatic N) is 2. The second-order valence-corrected chi connectivity index (χ2v) is 4.97. The molecule has 0 bridgehead atoms. The van der Waals surface area contributed by atoms with Gasteiger partial charge in [0.15, 0.2) is 5.13 Å². The van der Waals surface area contributed by atoms with E-state index in [0.717, 1.165) is 22.2 Å². The van der Waals surface area contributed by atoms with Crippen molar-refractivity contribution in [2.45, 2.75) is 13.8 Å². The molecule has 1 heterocycles. The van der Waals surface area contributed by atoms with Gasteiger partial charge in [-0.15, -0.1) is 11.3 Å². The van der Waals surface area contributed by atoms with E-state index in [1.807, 2.05) is 38.2 Å². The van der Waals surface area contributed by atoms with Crippen molar-refractivity contribution < 1.29 is 0 Å². The zero-order valence-corrected chi connectivity index (χ0v) is 10.5. The van der Waals surface area contributed by atoms with Crippen molar-refractivity contribution in [1.82, 2.24) is 4.98 Å². The molecule has 0 aliphatic carbocycles. The average Bonchev–Trinajstić information content (AvgIpc) is 2.58. The number of hydrogen-bond donors (Lipinski definition) is 1. The minimum atomic E-state index is 0.773. The van der Waals surface area contributed by atoms with Crippen molar-refractivity contribution in [3.8, 4) is 0 Å². The molecular weight excluding hydrogens is 218 g/mol. The van der Waals surface area contributed by atoms with E-state index in [2.05, 4.69) is 16.8 Å². The van der Waals surface area contributed by atoms with Gasteiger partial charge < -0.3 is 10.6 Å². The first-order valence-corrected chi connectivity index (χ1v) is 5.93. The average molecular weight is 233 g/mol. The van der Waals surface area contributed by atoms with Crippen molar-refractivity contribution in [1.29, 1.82) is 0 Å². The number of hydrogen-bond acceptors (Lipinski definition) is 4. The van der Waals surface area contributed by atoms with Gasteiger partial charge in [0.1, 0.15) is 0 Å². The summed E-state index contributed by atoms with van der Waals surface area (Å²) in [4.78, 5) is 7.83. The first-order valence-electron chi connectivity index (χ1n) is 5.11. The predicted molar refractivity (Wildman–Crippen MR) is 70.5 cm³/mol. The van der Waals surface area contributed by atoms with E-state index < -0.39 is 0 Å². The maximum Gasteiger partial charge on any atom is 0.190 e. The number of nitrogens with two attached hydrogens (primary N) is 1. The summed E-state index contributed by atoms with van der Waals surface area (Å²) in [7, 11) is 2.01. The number of thiazole rings is 1. The molecule has 0 atom stereocenters. The Balaban J connectivity index is 2.35. The zero-order chi connectivity index (χ0) is 11.7. The van der Waals surface area contributed by atoms with Crippen molar-refractivity contribution in [2.75, 3.05) is 17.7 Å². The molecule has 1 aromatic carbocycles. The van der Waals surface area contributed by atoms with Gasteiger partial charge in [0.25, 0.3) is 0 Å². The van der Waals surface area contributed by atoms with Gasteiger partial charge in [0, 0.05) is 23.3 Å². The van der Waals surface area contributed by atoms with Crippen LogP contribution in [0, 0.1) is 13.8 Å². The number of nitrogen functional groups attached to an aromatic ring is 1. The van der Waals surface area contributed by atoms with Crippen molar-refractivity contribution in [2.24, 2.45) is 0 Å². The molecule has 84 valence electrons. The van der Waals surface area contributed by atoms with Crippen molar-refractivity contribution in [3.63, 3.8) is 0 Å². The molecule has 0 radical (unpaired) electrons. The minimum Gasteiger partial charge on any atom is -0.399 e. The molecule has 0 saturated heterocycles. The highest BCUT2D eigenvalue weighted by Gasteiger charge is 2.10. The molecule has 2 N–H and O–H groups in total. The number of aryl methyl sites for hydroxylation is 2. The highest BCUT2D eigenvalue weighted by atomic mass is 32.1. The van der Waals surface area contributed by atoms with Gasteiger partial charge in [0.2, 0.25) is 0 Å². The lowest BCUT2D eigenvalue weighted by Crippen LogP contribution is -2.09. The van der Waals surface area contributed by atoms with Crippen LogP contribution in [0.3, 0.4) is 0 Å². The van der Waals surface area contributed by atoms with Crippen molar-refractivity contribution in [3.05, 3.63) is 34.8 Å². The second kappa shape index (κ2) is 4.14. The summed E-state index contributed by atoms with van der Waals surface area (Å²) in [5, 5.41) is 1.00. The lowest BCUT2D eigenvalue weighted by atomic mass is 10.3. The van der Waals surface area contributed by atoms with Crippen LogP contribution in [0.1, 0.15) is 10.6 Å². The summed E-state index contributed by atoms with van der Waals surface area (Å²) in [6.07, 6.45) is 0. The SMILES string of the molecule is Cc1nc(N(C)c2cccc(N)c2)sc1C. The quantitative estimate of drug-likeness (QED) is 0.810. The Morgan fingerprint density at radius 1 is 1.31 bits per heavy atom. The zero-order valence-electron chi connectivity index (χ0n) is 9.69. The maximum atomic E-state index is 5.77. The lowest BCUT2D eigenvalue weighted by molar-refractivity contribution is 1.13. The van der Waals surface area contributed by atoms with E-state index in [4.69, 9.17) is 5.73 Å². The third-order valence-corrected chi connectivity index (χ3v) is 3.71. The fourth-order valence-electron chi connectivity index (χ4n) is 1.44. The second-order valence-electron chi connectivity index (χ2n) is 3.79. The Hall–Kier alpha value is -1.55. The lowest BCUT2D eigenvalue weighted by Gasteiger charge is -2.15. The highest BCUT2D eigenvalue weighted by molar-refractivity contribution is 7.15. The minimum absolute atomic E-state index is 0.773. The number of rotatable bonds is 2. The van der Waals surface area contributed by atoms with Crippen LogP contribution < -0.4 is 10.6 Å². The number of benzene rings is 1. The topological polar surface area (TPSA) is 42.2 Å². The molecule has 2 aromatic rings. The van der Waals surface area contributed by atoms with Crippen LogP contribution in [0.5, 0.6) is 0 Å². The van der Waals surface area contributed by atoms with Gasteiger partial charge in [0.05, 0.1) is 5.69 Å². The summed E-state index contributed by atoms with van der Waals surface area (Å²) in [6, 6.07) is 7.82. The van der Waals surface area contributed by atoms with Gasteiger partial charge in [-0.05, 0) is 32.0 Å². The largest absolute Gasteiger partial charge is 0.399 e. The van der Waals surface area contributed by atoms with Crippen LogP contribution in [-0.2, 0) is 0 Å². The Labute approximate surface area is 99.5 Å². The van der Waals surface area contributed by atoms with Crippen molar-refractivity contribution >= 4 is 27.8 Å². The molecule has 16 heavy (non-hydrogen) atoms. The number of aromatic nitrogens is 1. The predicted octanol–water partition coefficient (Wildman–Crippen LogP) is 3.11. The van der Waals surface area contributed by atoms with Gasteiger partial charge in [-0.25, -0.2) is 4.98 Å². The third kappa shape index (κ3) is 2.02. The fraction of sp³-hybridized carbons (Fsp3) is 0.250. The highest BCUT2D eigenvalue weighted by Crippen LogP contribution is 2.30. The molecule has 2 rings (SSSR count).